The summed E-state index contributed by atoms with van der Waals surface area (Å²) in [7, 11) is 0. The summed E-state index contributed by atoms with van der Waals surface area (Å²) in [5.74, 6) is 0.619. The fourth-order valence-electron chi connectivity index (χ4n) is 3.09. The molecule has 0 aliphatic carbocycles. The van der Waals surface area contributed by atoms with Crippen molar-refractivity contribution in [2.45, 2.75) is 31.7 Å². The van der Waals surface area contributed by atoms with Gasteiger partial charge in [-0.2, -0.15) is 0 Å². The molecule has 1 fully saturated rings. The number of rotatable bonds is 6. The molecule has 1 atom stereocenters. The number of thiophene rings is 1. The van der Waals surface area contributed by atoms with Crippen LogP contribution in [0.3, 0.4) is 0 Å². The van der Waals surface area contributed by atoms with Crippen LogP contribution in [0.1, 0.15) is 24.8 Å². The Bertz CT molecular complexity index is 649. The minimum atomic E-state index is -0.484. The average molecular weight is 332 g/mol. The van der Waals surface area contributed by atoms with Gasteiger partial charge < -0.3 is 15.8 Å². The molecule has 3 N–H and O–H groups in total. The van der Waals surface area contributed by atoms with Gasteiger partial charge in [-0.3, -0.25) is 4.79 Å². The lowest BCUT2D eigenvalue weighted by molar-refractivity contribution is -0.122. The summed E-state index contributed by atoms with van der Waals surface area (Å²) in [5.41, 5.74) is 7.26. The Labute approximate surface area is 141 Å². The van der Waals surface area contributed by atoms with Crippen LogP contribution >= 0.6 is 11.3 Å². The number of fused-ring (bicyclic) bond motifs is 1. The Morgan fingerprint density at radius 1 is 1.35 bits per heavy atom. The van der Waals surface area contributed by atoms with Crippen LogP contribution in [0, 0.1) is 5.92 Å². The van der Waals surface area contributed by atoms with Crippen molar-refractivity contribution >= 4 is 27.3 Å². The second kappa shape index (κ2) is 7.90. The van der Waals surface area contributed by atoms with Gasteiger partial charge in [0, 0.05) is 24.5 Å². The molecule has 0 unspecified atom stereocenters. The van der Waals surface area contributed by atoms with Crippen LogP contribution in [-0.2, 0) is 16.0 Å². The second-order valence-corrected chi connectivity index (χ2v) is 7.11. The predicted octanol–water partition coefficient (Wildman–Crippen LogP) is 2.70. The lowest BCUT2D eigenvalue weighted by Crippen LogP contribution is -2.42. The highest BCUT2D eigenvalue weighted by Crippen LogP contribution is 2.26. The molecule has 5 heteroatoms. The van der Waals surface area contributed by atoms with Crippen molar-refractivity contribution in [3.63, 3.8) is 0 Å². The lowest BCUT2D eigenvalue weighted by atomic mass is 9.96. The van der Waals surface area contributed by atoms with E-state index < -0.39 is 6.04 Å². The minimum absolute atomic E-state index is 0.0488. The molecule has 1 amide bonds. The van der Waals surface area contributed by atoms with E-state index in [0.29, 0.717) is 18.9 Å². The number of carbonyl (C=O) groups is 1. The fourth-order valence-corrected chi connectivity index (χ4v) is 4.06. The summed E-state index contributed by atoms with van der Waals surface area (Å²) in [6.45, 7) is 2.41. The monoisotopic (exact) mass is 332 g/mol. The summed E-state index contributed by atoms with van der Waals surface area (Å²) in [4.78, 5) is 12.2. The van der Waals surface area contributed by atoms with Gasteiger partial charge >= 0.3 is 0 Å². The van der Waals surface area contributed by atoms with E-state index in [9.17, 15) is 4.79 Å². The first kappa shape index (κ1) is 16.4. The standard InChI is InChI=1S/C18H24N2O2S/c19-16(11-14-12-23-17-4-2-1-3-15(14)17)18(21)20-8-5-13-6-9-22-10-7-13/h1-4,12-13,16H,5-11,19H2,(H,20,21)/t16-/m0/s1. The van der Waals surface area contributed by atoms with Crippen LogP contribution in [0.15, 0.2) is 29.6 Å². The number of amides is 1. The zero-order chi connectivity index (χ0) is 16.1. The third-order valence-electron chi connectivity index (χ3n) is 4.53. The Morgan fingerprint density at radius 3 is 2.96 bits per heavy atom. The van der Waals surface area contributed by atoms with Crippen LogP contribution < -0.4 is 11.1 Å². The molecular formula is C18H24N2O2S. The minimum Gasteiger partial charge on any atom is -0.381 e. The Morgan fingerprint density at radius 2 is 2.13 bits per heavy atom. The number of hydrogen-bond donors (Lipinski definition) is 2. The predicted molar refractivity (Wildman–Crippen MR) is 94.7 cm³/mol. The molecule has 2 heterocycles. The molecule has 0 radical (unpaired) electrons. The van der Waals surface area contributed by atoms with E-state index in [4.69, 9.17) is 10.5 Å². The van der Waals surface area contributed by atoms with E-state index >= 15 is 0 Å². The number of nitrogens with one attached hydrogen (secondary N) is 1. The molecule has 1 aromatic carbocycles. The van der Waals surface area contributed by atoms with Crippen molar-refractivity contribution < 1.29 is 9.53 Å². The highest BCUT2D eigenvalue weighted by molar-refractivity contribution is 7.17. The lowest BCUT2D eigenvalue weighted by Gasteiger charge is -2.22. The van der Waals surface area contributed by atoms with Crippen LogP contribution in [0.4, 0.5) is 0 Å². The number of ether oxygens (including phenoxy) is 1. The molecule has 1 aliphatic heterocycles. The van der Waals surface area contributed by atoms with Crippen LogP contribution in [0.25, 0.3) is 10.1 Å². The maximum atomic E-state index is 12.2. The quantitative estimate of drug-likeness (QED) is 0.855. The summed E-state index contributed by atoms with van der Waals surface area (Å²) >= 11 is 1.71. The van der Waals surface area contributed by atoms with Gasteiger partial charge in [0.15, 0.2) is 0 Å². The molecular weight excluding hydrogens is 308 g/mol. The van der Waals surface area contributed by atoms with Gasteiger partial charge in [-0.25, -0.2) is 0 Å². The van der Waals surface area contributed by atoms with Gasteiger partial charge in [-0.05, 0) is 54.0 Å². The van der Waals surface area contributed by atoms with E-state index in [0.717, 1.165) is 38.0 Å². The third-order valence-corrected chi connectivity index (χ3v) is 5.54. The van der Waals surface area contributed by atoms with Gasteiger partial charge in [0.05, 0.1) is 6.04 Å². The fraction of sp³-hybridized carbons (Fsp3) is 0.500. The molecule has 1 saturated heterocycles. The van der Waals surface area contributed by atoms with Gasteiger partial charge in [0.1, 0.15) is 0 Å². The molecule has 1 aliphatic rings. The Kier molecular flexibility index (Phi) is 5.65. The SMILES string of the molecule is N[C@@H](Cc1csc2ccccc12)C(=O)NCCC1CCOCC1. The number of hydrogen-bond acceptors (Lipinski definition) is 4. The highest BCUT2D eigenvalue weighted by Gasteiger charge is 2.17. The van der Waals surface area contributed by atoms with Crippen molar-refractivity contribution in [1.82, 2.24) is 5.32 Å². The summed E-state index contributed by atoms with van der Waals surface area (Å²) in [5, 5.41) is 6.31. The van der Waals surface area contributed by atoms with Gasteiger partial charge in [-0.15, -0.1) is 11.3 Å². The first-order valence-electron chi connectivity index (χ1n) is 8.30. The molecule has 23 heavy (non-hydrogen) atoms. The Balaban J connectivity index is 1.47. The van der Waals surface area contributed by atoms with E-state index in [1.54, 1.807) is 11.3 Å². The van der Waals surface area contributed by atoms with Gasteiger partial charge in [0.25, 0.3) is 0 Å². The first-order valence-corrected chi connectivity index (χ1v) is 9.18. The van der Waals surface area contributed by atoms with Crippen LogP contribution in [0.5, 0.6) is 0 Å². The first-order chi connectivity index (χ1) is 11.2. The molecule has 3 rings (SSSR count). The number of nitrogens with two attached hydrogens (primary N) is 1. The summed E-state index contributed by atoms with van der Waals surface area (Å²) < 4.78 is 6.60. The largest absolute Gasteiger partial charge is 0.381 e. The third kappa shape index (κ3) is 4.31. The van der Waals surface area contributed by atoms with Gasteiger partial charge in [-0.1, -0.05) is 18.2 Å². The Hall–Kier alpha value is -1.43. The molecule has 0 saturated carbocycles. The molecule has 1 aromatic heterocycles. The maximum absolute atomic E-state index is 12.2. The van der Waals surface area contributed by atoms with E-state index in [2.05, 4.69) is 22.8 Å². The molecule has 124 valence electrons. The molecule has 0 spiro atoms. The zero-order valence-electron chi connectivity index (χ0n) is 13.3. The van der Waals surface area contributed by atoms with Crippen molar-refractivity contribution in [3.05, 3.63) is 35.2 Å². The highest BCUT2D eigenvalue weighted by atomic mass is 32.1. The second-order valence-electron chi connectivity index (χ2n) is 6.20. The van der Waals surface area contributed by atoms with Crippen LogP contribution in [-0.4, -0.2) is 31.7 Å². The van der Waals surface area contributed by atoms with Crippen molar-refractivity contribution in [2.75, 3.05) is 19.8 Å². The maximum Gasteiger partial charge on any atom is 0.237 e. The van der Waals surface area contributed by atoms with E-state index in [-0.39, 0.29) is 5.91 Å². The van der Waals surface area contributed by atoms with E-state index in [1.807, 2.05) is 12.1 Å². The average Bonchev–Trinajstić information content (AvgIpc) is 2.99. The molecule has 2 aromatic rings. The number of carbonyl (C=O) groups excluding carboxylic acids is 1. The summed E-state index contributed by atoms with van der Waals surface area (Å²) in [6, 6.07) is 7.77. The molecule has 4 nitrogen and oxygen atoms in total. The molecule has 0 bridgehead atoms. The van der Waals surface area contributed by atoms with E-state index in [1.165, 1.54) is 10.1 Å². The van der Waals surface area contributed by atoms with Crippen LogP contribution in [0.2, 0.25) is 0 Å². The normalized spacial score (nSPS) is 17.3. The summed E-state index contributed by atoms with van der Waals surface area (Å²) in [6.07, 6.45) is 3.81. The topological polar surface area (TPSA) is 64.4 Å². The van der Waals surface area contributed by atoms with Gasteiger partial charge in [0.2, 0.25) is 5.91 Å². The zero-order valence-corrected chi connectivity index (χ0v) is 14.1. The number of benzene rings is 1. The van der Waals surface area contributed by atoms with Crippen molar-refractivity contribution in [2.24, 2.45) is 11.7 Å². The van der Waals surface area contributed by atoms with Crippen molar-refractivity contribution in [1.29, 1.82) is 0 Å². The van der Waals surface area contributed by atoms with Crippen molar-refractivity contribution in [3.8, 4) is 0 Å². The smallest absolute Gasteiger partial charge is 0.237 e.